The van der Waals surface area contributed by atoms with Crippen LogP contribution in [0.25, 0.3) is 0 Å². The van der Waals surface area contributed by atoms with Crippen LogP contribution in [0.15, 0.2) is 30.3 Å². The van der Waals surface area contributed by atoms with Gasteiger partial charge in [-0.25, -0.2) is 0 Å². The summed E-state index contributed by atoms with van der Waals surface area (Å²) in [6.07, 6.45) is 0.680. The van der Waals surface area contributed by atoms with Gasteiger partial charge in [-0.05, 0) is 41.8 Å². The molecule has 6 heteroatoms. The molecule has 0 atom stereocenters. The Bertz CT molecular complexity index is 780. The van der Waals surface area contributed by atoms with E-state index in [1.807, 2.05) is 12.1 Å². The van der Waals surface area contributed by atoms with Gasteiger partial charge in [0.05, 0.1) is 21.3 Å². The molecule has 0 bridgehead atoms. The number of phenols is 1. The van der Waals surface area contributed by atoms with E-state index in [1.54, 1.807) is 37.3 Å². The minimum atomic E-state index is -0.0821. The zero-order valence-corrected chi connectivity index (χ0v) is 14.5. The lowest BCUT2D eigenvalue weighted by atomic mass is 9.97. The molecule has 1 N–H and O–H groups in total. The fourth-order valence-corrected chi connectivity index (χ4v) is 3.04. The molecule has 132 valence electrons. The molecule has 2 aromatic carbocycles. The van der Waals surface area contributed by atoms with Crippen LogP contribution in [-0.2, 0) is 13.0 Å². The number of ether oxygens (including phenoxy) is 3. The van der Waals surface area contributed by atoms with Crippen molar-refractivity contribution in [2.24, 2.45) is 0 Å². The van der Waals surface area contributed by atoms with Crippen LogP contribution >= 0.6 is 0 Å². The van der Waals surface area contributed by atoms with E-state index in [0.29, 0.717) is 42.3 Å². The molecule has 0 fully saturated rings. The predicted octanol–water partition coefficient (Wildman–Crippen LogP) is 2.62. The Kier molecular flexibility index (Phi) is 4.70. The Morgan fingerprint density at radius 3 is 2.28 bits per heavy atom. The number of benzene rings is 2. The smallest absolute Gasteiger partial charge is 0.254 e. The molecule has 0 saturated heterocycles. The van der Waals surface area contributed by atoms with Crippen LogP contribution in [-0.4, -0.2) is 43.8 Å². The van der Waals surface area contributed by atoms with Gasteiger partial charge in [-0.1, -0.05) is 0 Å². The summed E-state index contributed by atoms with van der Waals surface area (Å²) < 4.78 is 15.7. The van der Waals surface area contributed by atoms with E-state index in [9.17, 15) is 9.90 Å². The van der Waals surface area contributed by atoms with Crippen molar-refractivity contribution in [2.75, 3.05) is 27.9 Å². The summed E-state index contributed by atoms with van der Waals surface area (Å²) in [5.74, 6) is 1.65. The Morgan fingerprint density at radius 1 is 1.00 bits per heavy atom. The largest absolute Gasteiger partial charge is 0.504 e. The van der Waals surface area contributed by atoms with E-state index >= 15 is 0 Å². The monoisotopic (exact) mass is 343 g/mol. The molecule has 1 amide bonds. The molecule has 0 spiro atoms. The number of carbonyl (C=O) groups is 1. The van der Waals surface area contributed by atoms with Crippen LogP contribution in [0.1, 0.15) is 21.5 Å². The van der Waals surface area contributed by atoms with E-state index in [-0.39, 0.29) is 11.7 Å². The van der Waals surface area contributed by atoms with E-state index in [0.717, 1.165) is 11.1 Å². The highest BCUT2D eigenvalue weighted by atomic mass is 16.5. The number of phenolic OH excluding ortho intramolecular Hbond substituents is 1. The van der Waals surface area contributed by atoms with Crippen LogP contribution in [0.5, 0.6) is 23.0 Å². The maximum atomic E-state index is 12.8. The van der Waals surface area contributed by atoms with Crippen molar-refractivity contribution >= 4 is 5.91 Å². The number of nitrogens with zero attached hydrogens (tertiary/aromatic N) is 1. The lowest BCUT2D eigenvalue weighted by Crippen LogP contribution is -2.37. The fraction of sp³-hybridized carbons (Fsp3) is 0.316. The van der Waals surface area contributed by atoms with Crippen molar-refractivity contribution in [3.05, 3.63) is 47.0 Å². The van der Waals surface area contributed by atoms with Gasteiger partial charge in [0.1, 0.15) is 11.5 Å². The van der Waals surface area contributed by atoms with Crippen molar-refractivity contribution in [1.29, 1.82) is 0 Å². The first-order valence-electron chi connectivity index (χ1n) is 7.96. The molecule has 0 unspecified atom stereocenters. The summed E-state index contributed by atoms with van der Waals surface area (Å²) in [4.78, 5) is 14.6. The molecule has 0 saturated carbocycles. The second-order valence-corrected chi connectivity index (χ2v) is 5.88. The third-order valence-electron chi connectivity index (χ3n) is 4.36. The zero-order chi connectivity index (χ0) is 18.0. The summed E-state index contributed by atoms with van der Waals surface area (Å²) in [5, 5.41) is 9.89. The van der Waals surface area contributed by atoms with Gasteiger partial charge < -0.3 is 24.2 Å². The molecule has 0 aliphatic carbocycles. The van der Waals surface area contributed by atoms with Crippen molar-refractivity contribution in [3.63, 3.8) is 0 Å². The summed E-state index contributed by atoms with van der Waals surface area (Å²) in [5.41, 5.74) is 2.33. The average Bonchev–Trinajstić information content (AvgIpc) is 2.63. The quantitative estimate of drug-likeness (QED) is 0.904. The number of amides is 1. The molecular formula is C19H21NO5. The summed E-state index contributed by atoms with van der Waals surface area (Å²) in [6.45, 7) is 1.03. The minimum absolute atomic E-state index is 0.0556. The summed E-state index contributed by atoms with van der Waals surface area (Å²) in [6, 6.07) is 8.79. The third kappa shape index (κ3) is 3.33. The highest BCUT2D eigenvalue weighted by molar-refractivity contribution is 5.97. The molecule has 6 nitrogen and oxygen atoms in total. The SMILES string of the molecule is COc1cc(CN2CCc3cc(O)c(OC)cc3C2=O)cc(OC)c1. The molecule has 0 radical (unpaired) electrons. The van der Waals surface area contributed by atoms with E-state index < -0.39 is 0 Å². The van der Waals surface area contributed by atoms with E-state index in [4.69, 9.17) is 14.2 Å². The molecule has 25 heavy (non-hydrogen) atoms. The first-order valence-corrected chi connectivity index (χ1v) is 7.96. The lowest BCUT2D eigenvalue weighted by Gasteiger charge is -2.29. The van der Waals surface area contributed by atoms with Gasteiger partial charge in [0.15, 0.2) is 11.5 Å². The zero-order valence-electron chi connectivity index (χ0n) is 14.5. The number of hydrogen-bond donors (Lipinski definition) is 1. The summed E-state index contributed by atoms with van der Waals surface area (Å²) in [7, 11) is 4.66. The number of aromatic hydroxyl groups is 1. The first-order chi connectivity index (χ1) is 12.0. The van der Waals surface area contributed by atoms with E-state index in [1.165, 1.54) is 7.11 Å². The molecule has 1 heterocycles. The first kappa shape index (κ1) is 17.0. The van der Waals surface area contributed by atoms with Gasteiger partial charge in [0, 0.05) is 24.7 Å². The van der Waals surface area contributed by atoms with Crippen LogP contribution in [0, 0.1) is 0 Å². The second kappa shape index (κ2) is 6.93. The van der Waals surface area contributed by atoms with Crippen molar-refractivity contribution in [2.45, 2.75) is 13.0 Å². The maximum Gasteiger partial charge on any atom is 0.254 e. The van der Waals surface area contributed by atoms with E-state index in [2.05, 4.69) is 0 Å². The van der Waals surface area contributed by atoms with Crippen LogP contribution in [0.4, 0.5) is 0 Å². The number of carbonyl (C=O) groups excluding carboxylic acids is 1. The van der Waals surface area contributed by atoms with Gasteiger partial charge in [0.2, 0.25) is 0 Å². The molecular weight excluding hydrogens is 322 g/mol. The Labute approximate surface area is 146 Å². The van der Waals surface area contributed by atoms with Gasteiger partial charge in [0.25, 0.3) is 5.91 Å². The van der Waals surface area contributed by atoms with Crippen LogP contribution < -0.4 is 14.2 Å². The van der Waals surface area contributed by atoms with Gasteiger partial charge >= 0.3 is 0 Å². The third-order valence-corrected chi connectivity index (χ3v) is 4.36. The van der Waals surface area contributed by atoms with Gasteiger partial charge in [-0.2, -0.15) is 0 Å². The normalized spacial score (nSPS) is 13.4. The molecule has 1 aliphatic rings. The van der Waals surface area contributed by atoms with Crippen molar-refractivity contribution in [1.82, 2.24) is 4.90 Å². The number of methoxy groups -OCH3 is 3. The fourth-order valence-electron chi connectivity index (χ4n) is 3.04. The highest BCUT2D eigenvalue weighted by Crippen LogP contribution is 2.33. The van der Waals surface area contributed by atoms with Gasteiger partial charge in [-0.15, -0.1) is 0 Å². The average molecular weight is 343 g/mol. The lowest BCUT2D eigenvalue weighted by molar-refractivity contribution is 0.0726. The standard InChI is InChI=1S/C19H21NO5/c1-23-14-6-12(7-15(9-14)24-2)11-20-5-4-13-8-17(21)18(25-3)10-16(13)19(20)22/h6-10,21H,4-5,11H2,1-3H3. The number of hydrogen-bond acceptors (Lipinski definition) is 5. The topological polar surface area (TPSA) is 68.2 Å². The minimum Gasteiger partial charge on any atom is -0.504 e. The van der Waals surface area contributed by atoms with Crippen LogP contribution in [0.3, 0.4) is 0 Å². The molecule has 1 aliphatic heterocycles. The van der Waals surface area contributed by atoms with Crippen LogP contribution in [0.2, 0.25) is 0 Å². The maximum absolute atomic E-state index is 12.8. The Hall–Kier alpha value is -2.89. The Balaban J connectivity index is 1.87. The molecule has 0 aromatic heterocycles. The highest BCUT2D eigenvalue weighted by Gasteiger charge is 2.26. The second-order valence-electron chi connectivity index (χ2n) is 5.88. The summed E-state index contributed by atoms with van der Waals surface area (Å²) >= 11 is 0. The Morgan fingerprint density at radius 2 is 1.68 bits per heavy atom. The molecule has 3 rings (SSSR count). The van der Waals surface area contributed by atoms with Crippen molar-refractivity contribution < 1.29 is 24.1 Å². The predicted molar refractivity (Wildman–Crippen MR) is 92.6 cm³/mol. The van der Waals surface area contributed by atoms with Gasteiger partial charge in [-0.3, -0.25) is 4.79 Å². The molecule has 2 aromatic rings. The number of fused-ring (bicyclic) bond motifs is 1. The van der Waals surface area contributed by atoms with Crippen molar-refractivity contribution in [3.8, 4) is 23.0 Å². The number of rotatable bonds is 5.